The van der Waals surface area contributed by atoms with E-state index in [4.69, 9.17) is 9.59 Å². The molecule has 0 unspecified atom stereocenters. The van der Waals surface area contributed by atoms with Crippen LogP contribution in [0.25, 0.3) is 0 Å². The quantitative estimate of drug-likeness (QED) is 0.620. The van der Waals surface area contributed by atoms with Gasteiger partial charge in [0.05, 0.1) is 0 Å². The number of hydrogen-bond donors (Lipinski definition) is 0. The van der Waals surface area contributed by atoms with Crippen molar-refractivity contribution in [3.8, 4) is 0 Å². The molecular weight excluding hydrogens is 164 g/mol. The molecule has 0 bridgehead atoms. The Morgan fingerprint density at radius 1 is 0.846 bits per heavy atom. The van der Waals surface area contributed by atoms with E-state index >= 15 is 0 Å². The van der Waals surface area contributed by atoms with Gasteiger partial charge in [-0.2, -0.15) is 9.59 Å². The highest BCUT2D eigenvalue weighted by Crippen LogP contribution is 1.76. The first-order valence-corrected chi connectivity index (χ1v) is 4.74. The second-order valence-electron chi connectivity index (χ2n) is 1.79. The molecule has 0 aliphatic heterocycles. The van der Waals surface area contributed by atoms with E-state index < -0.39 is 0 Å². The van der Waals surface area contributed by atoms with Gasteiger partial charge in [0.2, 0.25) is 0 Å². The van der Waals surface area contributed by atoms with E-state index in [0.29, 0.717) is 0 Å². The summed E-state index contributed by atoms with van der Waals surface area (Å²) in [4.78, 5) is 16.2. The SMILES string of the molecule is C.CC.CCC.CCCC.O=C=O. The summed E-state index contributed by atoms with van der Waals surface area (Å²) >= 11 is 0. The lowest BCUT2D eigenvalue weighted by molar-refractivity contribution is -0.191. The predicted octanol–water partition coefficient (Wildman–Crippen LogP) is 4.30. The Kier molecular flexibility index (Phi) is 243. The fourth-order valence-electron chi connectivity index (χ4n) is 0. The molecule has 0 aromatic rings. The van der Waals surface area contributed by atoms with Gasteiger partial charge in [-0.15, -0.1) is 0 Å². The third-order valence-electron chi connectivity index (χ3n) is 0.500. The Bertz CT molecular complexity index is 53.1. The Labute approximate surface area is 84.7 Å². The largest absolute Gasteiger partial charge is 0.373 e. The Balaban J connectivity index is -0.0000000220. The normalized spacial score (nSPS) is 4.77. The monoisotopic (exact) mass is 192 g/mol. The molecule has 0 saturated heterocycles. The maximum Gasteiger partial charge on any atom is 0.373 e. The molecule has 0 atom stereocenters. The first-order chi connectivity index (χ1) is 5.74. The number of carbonyl (C=O) groups excluding carboxylic acids is 2. The zero-order valence-corrected chi connectivity index (χ0v) is 9.44. The number of rotatable bonds is 1. The average Bonchev–Trinajstić information content (AvgIpc) is 2.10. The van der Waals surface area contributed by atoms with E-state index in [2.05, 4.69) is 27.7 Å². The van der Waals surface area contributed by atoms with Gasteiger partial charge in [0.15, 0.2) is 0 Å². The molecule has 0 radical (unpaired) electrons. The molecule has 0 heterocycles. The molecule has 2 nitrogen and oxygen atoms in total. The first-order valence-electron chi connectivity index (χ1n) is 4.74. The van der Waals surface area contributed by atoms with Crippen LogP contribution in [0.15, 0.2) is 0 Å². The Morgan fingerprint density at radius 2 is 0.923 bits per heavy atom. The van der Waals surface area contributed by atoms with Gasteiger partial charge in [0.25, 0.3) is 0 Å². The zero-order valence-electron chi connectivity index (χ0n) is 9.44. The molecule has 0 aromatic carbocycles. The van der Waals surface area contributed by atoms with Crippen molar-refractivity contribution in [2.45, 2.75) is 68.2 Å². The van der Waals surface area contributed by atoms with Crippen molar-refractivity contribution < 1.29 is 9.59 Å². The van der Waals surface area contributed by atoms with Crippen molar-refractivity contribution in [2.24, 2.45) is 0 Å². The van der Waals surface area contributed by atoms with E-state index in [1.54, 1.807) is 0 Å². The van der Waals surface area contributed by atoms with Crippen molar-refractivity contribution in [3.05, 3.63) is 0 Å². The topological polar surface area (TPSA) is 34.1 Å². The van der Waals surface area contributed by atoms with Crippen LogP contribution in [-0.2, 0) is 9.59 Å². The summed E-state index contributed by atoms with van der Waals surface area (Å²) in [7, 11) is 0. The van der Waals surface area contributed by atoms with Crippen molar-refractivity contribution in [2.75, 3.05) is 0 Å². The molecule has 0 fully saturated rings. The smallest absolute Gasteiger partial charge is 0.186 e. The molecule has 0 aliphatic carbocycles. The lowest BCUT2D eigenvalue weighted by Gasteiger charge is -1.68. The molecule has 0 N–H and O–H groups in total. The van der Waals surface area contributed by atoms with E-state index in [-0.39, 0.29) is 13.6 Å². The Hall–Kier alpha value is -0.620. The van der Waals surface area contributed by atoms with Crippen LogP contribution >= 0.6 is 0 Å². The van der Waals surface area contributed by atoms with Crippen LogP contribution in [0.4, 0.5) is 0 Å². The molecule has 0 rings (SSSR count). The second kappa shape index (κ2) is 107. The second-order valence-corrected chi connectivity index (χ2v) is 1.79. The minimum absolute atomic E-state index is 0. The molecule has 0 spiro atoms. The van der Waals surface area contributed by atoms with E-state index in [1.165, 1.54) is 19.3 Å². The molecule has 13 heavy (non-hydrogen) atoms. The summed E-state index contributed by atoms with van der Waals surface area (Å²) in [5.74, 6) is 0. The van der Waals surface area contributed by atoms with E-state index in [1.807, 2.05) is 13.8 Å². The van der Waals surface area contributed by atoms with Crippen molar-refractivity contribution >= 4 is 6.15 Å². The molecule has 0 aromatic heterocycles. The third-order valence-corrected chi connectivity index (χ3v) is 0.500. The molecule has 84 valence electrons. The van der Waals surface area contributed by atoms with Crippen molar-refractivity contribution in [1.82, 2.24) is 0 Å². The van der Waals surface area contributed by atoms with Gasteiger partial charge in [-0.05, 0) is 0 Å². The summed E-state index contributed by atoms with van der Waals surface area (Å²) in [6.07, 6.45) is 4.14. The molecule has 0 saturated carbocycles. The van der Waals surface area contributed by atoms with Crippen LogP contribution in [0.3, 0.4) is 0 Å². The van der Waals surface area contributed by atoms with Gasteiger partial charge in [-0.25, -0.2) is 0 Å². The van der Waals surface area contributed by atoms with Crippen LogP contribution in [-0.4, -0.2) is 6.15 Å². The van der Waals surface area contributed by atoms with Crippen LogP contribution in [0.5, 0.6) is 0 Å². The fraction of sp³-hybridized carbons (Fsp3) is 0.909. The fourth-order valence-corrected chi connectivity index (χ4v) is 0. The Morgan fingerprint density at radius 3 is 0.923 bits per heavy atom. The van der Waals surface area contributed by atoms with Crippen molar-refractivity contribution in [3.63, 3.8) is 0 Å². The van der Waals surface area contributed by atoms with Crippen LogP contribution in [0.2, 0.25) is 0 Å². The van der Waals surface area contributed by atoms with Gasteiger partial charge in [0, 0.05) is 0 Å². The average molecular weight is 192 g/mol. The first kappa shape index (κ1) is 29.4. The zero-order chi connectivity index (χ0) is 10.8. The van der Waals surface area contributed by atoms with E-state index in [0.717, 1.165) is 0 Å². The lowest BCUT2D eigenvalue weighted by atomic mass is 10.4. The summed E-state index contributed by atoms with van der Waals surface area (Å²) in [6, 6.07) is 0. The van der Waals surface area contributed by atoms with Crippen molar-refractivity contribution in [1.29, 1.82) is 0 Å². The number of hydrogen-bond acceptors (Lipinski definition) is 2. The summed E-state index contributed by atoms with van der Waals surface area (Å²) < 4.78 is 0. The lowest BCUT2D eigenvalue weighted by Crippen LogP contribution is -1.47. The van der Waals surface area contributed by atoms with Gasteiger partial charge in [-0.3, -0.25) is 0 Å². The van der Waals surface area contributed by atoms with E-state index in [9.17, 15) is 0 Å². The molecular formula is C11H28O2. The molecule has 2 heteroatoms. The van der Waals surface area contributed by atoms with Crippen LogP contribution in [0.1, 0.15) is 68.2 Å². The number of unbranched alkanes of at least 4 members (excludes halogenated alkanes) is 1. The van der Waals surface area contributed by atoms with Gasteiger partial charge in [-0.1, -0.05) is 68.2 Å². The van der Waals surface area contributed by atoms with Gasteiger partial charge >= 0.3 is 6.15 Å². The molecule has 0 amide bonds. The van der Waals surface area contributed by atoms with Gasteiger partial charge in [0.1, 0.15) is 0 Å². The standard InChI is InChI=1S/C4H10.C3H8.C2H6.CO2.CH4/c1-3-4-2;1-3-2;1-2;2-1-3;/h3-4H2,1-2H3;3H2,1-2H3;1-2H3;;1H4. The summed E-state index contributed by atoms with van der Waals surface area (Å²) in [5.41, 5.74) is 0. The maximum atomic E-state index is 8.12. The minimum atomic E-state index is 0. The summed E-state index contributed by atoms with van der Waals surface area (Å²) in [6.45, 7) is 12.6. The highest BCUT2D eigenvalue weighted by Gasteiger charge is 1.56. The van der Waals surface area contributed by atoms with Crippen LogP contribution < -0.4 is 0 Å². The molecule has 0 aliphatic rings. The third kappa shape index (κ3) is 6930. The predicted molar refractivity (Wildman–Crippen MR) is 59.6 cm³/mol. The highest BCUT2D eigenvalue weighted by molar-refractivity contribution is 5.20. The van der Waals surface area contributed by atoms with Gasteiger partial charge < -0.3 is 0 Å². The highest BCUT2D eigenvalue weighted by atomic mass is 16.2. The summed E-state index contributed by atoms with van der Waals surface area (Å²) in [5, 5.41) is 0. The maximum absolute atomic E-state index is 8.12. The minimum Gasteiger partial charge on any atom is -0.186 e. The van der Waals surface area contributed by atoms with Crippen LogP contribution in [0, 0.1) is 0 Å².